The first-order valence-electron chi connectivity index (χ1n) is 9.37. The van der Waals surface area contributed by atoms with Gasteiger partial charge in [-0.05, 0) is 37.5 Å². The second kappa shape index (κ2) is 7.90. The average molecular weight is 407 g/mol. The van der Waals surface area contributed by atoms with Crippen molar-refractivity contribution in [2.75, 3.05) is 29.9 Å². The molecule has 1 aromatic carbocycles. The van der Waals surface area contributed by atoms with E-state index >= 15 is 0 Å². The molecule has 0 bridgehead atoms. The van der Waals surface area contributed by atoms with Gasteiger partial charge in [0.2, 0.25) is 11.8 Å². The third-order valence-corrected chi connectivity index (χ3v) is 6.82. The summed E-state index contributed by atoms with van der Waals surface area (Å²) in [5, 5.41) is 5.46. The predicted molar refractivity (Wildman–Crippen MR) is 105 cm³/mol. The van der Waals surface area contributed by atoms with Gasteiger partial charge in [0.05, 0.1) is 11.5 Å². The number of sulfone groups is 1. The highest BCUT2D eigenvalue weighted by Gasteiger charge is 2.39. The first-order valence-corrected chi connectivity index (χ1v) is 11.2. The molecule has 3 atom stereocenters. The summed E-state index contributed by atoms with van der Waals surface area (Å²) < 4.78 is 23.0. The van der Waals surface area contributed by atoms with Gasteiger partial charge in [-0.1, -0.05) is 13.0 Å². The van der Waals surface area contributed by atoms with Crippen molar-refractivity contribution in [3.8, 4) is 0 Å². The number of nitrogens with zero attached hydrogens (tertiary/aromatic N) is 1. The van der Waals surface area contributed by atoms with Crippen LogP contribution in [-0.2, 0) is 19.4 Å². The molecular formula is C19H25N3O5S. The van der Waals surface area contributed by atoms with Crippen LogP contribution in [0.2, 0.25) is 0 Å². The Morgan fingerprint density at radius 3 is 2.43 bits per heavy atom. The third kappa shape index (κ3) is 4.89. The average Bonchev–Trinajstić information content (AvgIpc) is 3.38. The lowest BCUT2D eigenvalue weighted by molar-refractivity contribution is -0.132. The fourth-order valence-electron chi connectivity index (χ4n) is 3.21. The largest absolute Gasteiger partial charge is 0.341 e. The number of anilines is 1. The molecule has 1 heterocycles. The van der Waals surface area contributed by atoms with E-state index in [1.54, 1.807) is 31.2 Å². The fraction of sp³-hybridized carbons (Fsp3) is 0.526. The van der Waals surface area contributed by atoms with E-state index in [4.69, 9.17) is 0 Å². The van der Waals surface area contributed by atoms with E-state index in [1.165, 1.54) is 4.90 Å². The Morgan fingerprint density at radius 2 is 1.82 bits per heavy atom. The summed E-state index contributed by atoms with van der Waals surface area (Å²) in [6, 6.07) is 5.78. The number of benzene rings is 1. The summed E-state index contributed by atoms with van der Waals surface area (Å²) in [6.45, 7) is 3.87. The van der Waals surface area contributed by atoms with E-state index in [9.17, 15) is 22.8 Å². The van der Waals surface area contributed by atoms with Crippen molar-refractivity contribution in [3.05, 3.63) is 29.8 Å². The molecule has 3 amide bonds. The van der Waals surface area contributed by atoms with Gasteiger partial charge in [-0.25, -0.2) is 8.42 Å². The normalized spacial score (nSPS) is 24.1. The second-order valence-corrected chi connectivity index (χ2v) is 9.87. The van der Waals surface area contributed by atoms with Crippen LogP contribution in [0.25, 0.3) is 0 Å². The minimum atomic E-state index is -3.08. The maximum absolute atomic E-state index is 12.5. The van der Waals surface area contributed by atoms with Crippen LogP contribution in [0.1, 0.15) is 30.6 Å². The highest BCUT2D eigenvalue weighted by molar-refractivity contribution is 7.91. The highest BCUT2D eigenvalue weighted by Crippen LogP contribution is 2.38. The predicted octanol–water partition coefficient (Wildman–Crippen LogP) is 0.656. The van der Waals surface area contributed by atoms with Crippen molar-refractivity contribution in [2.45, 2.75) is 26.3 Å². The van der Waals surface area contributed by atoms with Crippen molar-refractivity contribution in [1.82, 2.24) is 10.2 Å². The number of hydrogen-bond acceptors (Lipinski definition) is 5. The molecule has 0 spiro atoms. The van der Waals surface area contributed by atoms with Crippen LogP contribution in [0.4, 0.5) is 5.69 Å². The number of amides is 3. The van der Waals surface area contributed by atoms with Crippen LogP contribution in [0.3, 0.4) is 0 Å². The molecule has 1 saturated heterocycles. The lowest BCUT2D eigenvalue weighted by Crippen LogP contribution is -2.51. The monoisotopic (exact) mass is 407 g/mol. The molecule has 152 valence electrons. The van der Waals surface area contributed by atoms with E-state index < -0.39 is 21.8 Å². The van der Waals surface area contributed by atoms with Crippen LogP contribution in [0.5, 0.6) is 0 Å². The van der Waals surface area contributed by atoms with Gasteiger partial charge < -0.3 is 15.5 Å². The van der Waals surface area contributed by atoms with E-state index in [1.807, 2.05) is 6.92 Å². The third-order valence-electron chi connectivity index (χ3n) is 5.21. The first-order chi connectivity index (χ1) is 13.2. The van der Waals surface area contributed by atoms with Crippen LogP contribution in [-0.4, -0.2) is 61.7 Å². The van der Waals surface area contributed by atoms with Gasteiger partial charge in [0.15, 0.2) is 9.84 Å². The Morgan fingerprint density at radius 1 is 1.18 bits per heavy atom. The van der Waals surface area contributed by atoms with Gasteiger partial charge in [-0.2, -0.15) is 0 Å². The lowest BCUT2D eigenvalue weighted by atomic mass is 10.1. The molecule has 0 radical (unpaired) electrons. The summed E-state index contributed by atoms with van der Waals surface area (Å²) in [4.78, 5) is 38.5. The van der Waals surface area contributed by atoms with Crippen molar-refractivity contribution in [2.24, 2.45) is 11.8 Å². The number of nitrogens with one attached hydrogen (secondary N) is 2. The summed E-state index contributed by atoms with van der Waals surface area (Å²) in [5.74, 6) is -0.473. The number of rotatable bonds is 5. The highest BCUT2D eigenvalue weighted by atomic mass is 32.2. The molecule has 8 nitrogen and oxygen atoms in total. The van der Waals surface area contributed by atoms with Gasteiger partial charge in [0.1, 0.15) is 6.04 Å². The van der Waals surface area contributed by atoms with Gasteiger partial charge in [-0.15, -0.1) is 0 Å². The Kier molecular flexibility index (Phi) is 5.74. The summed E-state index contributed by atoms with van der Waals surface area (Å²) in [6.07, 6.45) is 0.878. The minimum absolute atomic E-state index is 0.0310. The maximum Gasteiger partial charge on any atom is 0.251 e. The summed E-state index contributed by atoms with van der Waals surface area (Å²) in [5.41, 5.74) is 0.875. The SMILES string of the molecule is CC(NC(=O)c1cccc(NC(=O)C2CC2C)c1)C(=O)N1CCS(=O)(=O)CC1. The molecule has 3 rings (SSSR count). The molecule has 2 N–H and O–H groups in total. The Balaban J connectivity index is 1.57. The van der Waals surface area contributed by atoms with Crippen LogP contribution in [0, 0.1) is 11.8 Å². The molecule has 0 aromatic heterocycles. The molecule has 1 aliphatic heterocycles. The topological polar surface area (TPSA) is 113 Å². The van der Waals surface area contributed by atoms with Crippen LogP contribution >= 0.6 is 0 Å². The Labute approximate surface area is 164 Å². The maximum atomic E-state index is 12.5. The summed E-state index contributed by atoms with van der Waals surface area (Å²) >= 11 is 0. The molecule has 1 aliphatic carbocycles. The zero-order valence-electron chi connectivity index (χ0n) is 16.0. The van der Waals surface area contributed by atoms with E-state index in [-0.39, 0.29) is 42.3 Å². The van der Waals surface area contributed by atoms with Gasteiger partial charge in [0, 0.05) is 30.3 Å². The van der Waals surface area contributed by atoms with Crippen molar-refractivity contribution in [1.29, 1.82) is 0 Å². The molecule has 3 unspecified atom stereocenters. The van der Waals surface area contributed by atoms with E-state index in [0.29, 0.717) is 17.2 Å². The van der Waals surface area contributed by atoms with Crippen LogP contribution in [0.15, 0.2) is 24.3 Å². The zero-order chi connectivity index (χ0) is 20.5. The summed E-state index contributed by atoms with van der Waals surface area (Å²) in [7, 11) is -3.08. The smallest absolute Gasteiger partial charge is 0.251 e. The lowest BCUT2D eigenvalue weighted by Gasteiger charge is -2.29. The number of carbonyl (C=O) groups is 3. The first kappa shape index (κ1) is 20.3. The molecule has 9 heteroatoms. The van der Waals surface area contributed by atoms with Gasteiger partial charge in [-0.3, -0.25) is 14.4 Å². The van der Waals surface area contributed by atoms with Gasteiger partial charge in [0.25, 0.3) is 5.91 Å². The fourth-order valence-corrected chi connectivity index (χ4v) is 4.41. The molecule has 1 saturated carbocycles. The molecule has 28 heavy (non-hydrogen) atoms. The quantitative estimate of drug-likeness (QED) is 0.744. The van der Waals surface area contributed by atoms with Crippen molar-refractivity contribution < 1.29 is 22.8 Å². The van der Waals surface area contributed by atoms with E-state index in [2.05, 4.69) is 10.6 Å². The molecule has 2 aliphatic rings. The van der Waals surface area contributed by atoms with Crippen LogP contribution < -0.4 is 10.6 Å². The Hall–Kier alpha value is -2.42. The molecule has 1 aromatic rings. The Bertz CT molecular complexity index is 885. The van der Waals surface area contributed by atoms with Gasteiger partial charge >= 0.3 is 0 Å². The van der Waals surface area contributed by atoms with Crippen molar-refractivity contribution >= 4 is 33.2 Å². The number of hydrogen-bond donors (Lipinski definition) is 2. The van der Waals surface area contributed by atoms with E-state index in [0.717, 1.165) is 6.42 Å². The molecular weight excluding hydrogens is 382 g/mol. The number of carbonyl (C=O) groups excluding carboxylic acids is 3. The zero-order valence-corrected chi connectivity index (χ0v) is 16.8. The minimum Gasteiger partial charge on any atom is -0.341 e. The standard InChI is InChI=1S/C19H25N3O5S/c1-12-10-16(12)18(24)21-15-5-3-4-14(11-15)17(23)20-13(2)19(25)22-6-8-28(26,27)9-7-22/h3-5,11-13,16H,6-10H2,1-2H3,(H,20,23)(H,21,24). The second-order valence-electron chi connectivity index (χ2n) is 7.56. The molecule has 2 fully saturated rings. The van der Waals surface area contributed by atoms with Crippen molar-refractivity contribution in [3.63, 3.8) is 0 Å².